The number of esters is 1. The topological polar surface area (TPSA) is 206 Å². The van der Waals surface area contributed by atoms with Crippen LogP contribution in [-0.4, -0.2) is 130 Å². The third-order valence-electron chi connectivity index (χ3n) is 14.3. The summed E-state index contributed by atoms with van der Waals surface area (Å²) in [5.74, 6) is -7.89. The van der Waals surface area contributed by atoms with Crippen molar-refractivity contribution in [2.75, 3.05) is 26.9 Å². The molecule has 0 aromatic carbocycles. The maximum Gasteiger partial charge on any atom is 0.329 e. The number of hydrogen-bond acceptors (Lipinski definition) is 13. The number of carbonyl (C=O) groups is 5. The predicted molar refractivity (Wildman–Crippen MR) is 245 cm³/mol. The number of ether oxygens (including phenoxy) is 4. The van der Waals surface area contributed by atoms with Crippen molar-refractivity contribution in [2.24, 2.45) is 35.5 Å². The summed E-state index contributed by atoms with van der Waals surface area (Å²) in [4.78, 5) is 71.7. The van der Waals surface area contributed by atoms with Crippen LogP contribution in [0, 0.1) is 35.5 Å². The first-order chi connectivity index (χ1) is 30.8. The van der Waals surface area contributed by atoms with Crippen LogP contribution >= 0.6 is 0 Å². The molecule has 14 heteroatoms. The number of rotatable bonds is 7. The molecule has 1 unspecified atom stereocenters. The molecule has 1 aliphatic carbocycles. The van der Waals surface area contributed by atoms with E-state index in [4.69, 9.17) is 18.9 Å². The molecule has 1 saturated carbocycles. The second kappa shape index (κ2) is 25.7. The first-order valence-electron chi connectivity index (χ1n) is 24.1. The Morgan fingerprint density at radius 3 is 2.28 bits per heavy atom. The summed E-state index contributed by atoms with van der Waals surface area (Å²) in [6, 6.07) is -1.14. The Morgan fingerprint density at radius 1 is 0.892 bits per heavy atom. The van der Waals surface area contributed by atoms with E-state index in [9.17, 15) is 44.4 Å². The molecule has 3 heterocycles. The van der Waals surface area contributed by atoms with Crippen LogP contribution in [0.15, 0.2) is 47.6 Å². The van der Waals surface area contributed by atoms with Crippen LogP contribution in [0.5, 0.6) is 0 Å². The van der Waals surface area contributed by atoms with E-state index in [-0.39, 0.29) is 74.4 Å². The van der Waals surface area contributed by atoms with Gasteiger partial charge >= 0.3 is 5.97 Å². The number of fused-ring (bicyclic) bond motifs is 3. The average molecular weight is 914 g/mol. The number of carbonyl (C=O) groups excluding carboxylic acids is 5. The van der Waals surface area contributed by atoms with Crippen LogP contribution in [0.4, 0.5) is 0 Å². The molecule has 2 bridgehead atoms. The zero-order chi connectivity index (χ0) is 48.0. The molecule has 65 heavy (non-hydrogen) atoms. The van der Waals surface area contributed by atoms with Crippen LogP contribution in [0.1, 0.15) is 132 Å². The minimum Gasteiger partial charge on any atom is -0.460 e. The highest BCUT2D eigenvalue weighted by atomic mass is 16.6. The van der Waals surface area contributed by atoms with Gasteiger partial charge in [-0.3, -0.25) is 19.2 Å². The van der Waals surface area contributed by atoms with E-state index in [0.717, 1.165) is 18.4 Å². The fourth-order valence-corrected chi connectivity index (χ4v) is 9.95. The molecule has 12 atom stereocenters. The molecule has 1 amide bonds. The molecule has 0 aromatic rings. The van der Waals surface area contributed by atoms with E-state index in [1.54, 1.807) is 33.8 Å². The quantitative estimate of drug-likeness (QED) is 0.133. The van der Waals surface area contributed by atoms with Crippen molar-refractivity contribution in [2.45, 2.75) is 180 Å². The average Bonchev–Trinajstić information content (AvgIpc) is 3.28. The normalized spacial score (nSPS) is 39.3. The Kier molecular flexibility index (Phi) is 21.4. The summed E-state index contributed by atoms with van der Waals surface area (Å²) in [6.45, 7) is 12.5. The molecule has 14 nitrogen and oxygen atoms in total. The second-order valence-electron chi connectivity index (χ2n) is 19.6. The van der Waals surface area contributed by atoms with Crippen molar-refractivity contribution in [1.29, 1.82) is 0 Å². The van der Waals surface area contributed by atoms with Gasteiger partial charge in [-0.2, -0.15) is 0 Å². The van der Waals surface area contributed by atoms with Gasteiger partial charge in [0, 0.05) is 44.2 Å². The SMILES string of the molecule is CO[C@H]1C(=O)[C@H](C)C[C@H](C)/C=C/C=C/C=C(\C)C(OCCO)C[C@@H]2CC[C@@H](C)[C@@](O)(O2)C(=O)C(=O)N2CCCC[C@H]2C(=O)O[C@H]([C@H](C)C[C@H]2CC[C@H](O)CC2)CC(=O)[C@H](C)/C=C(\C)[C@H]1O. The first kappa shape index (κ1) is 54.2. The van der Waals surface area contributed by atoms with Crippen LogP contribution < -0.4 is 0 Å². The Labute approximate surface area is 386 Å². The molecule has 4 N–H and O–H groups in total. The summed E-state index contributed by atoms with van der Waals surface area (Å²) in [5.41, 5.74) is 1.19. The van der Waals surface area contributed by atoms with E-state index < -0.39 is 77.8 Å². The summed E-state index contributed by atoms with van der Waals surface area (Å²) in [7, 11) is 1.37. The summed E-state index contributed by atoms with van der Waals surface area (Å²) < 4.78 is 24.0. The van der Waals surface area contributed by atoms with Gasteiger partial charge in [0.15, 0.2) is 5.78 Å². The van der Waals surface area contributed by atoms with E-state index in [1.807, 2.05) is 51.2 Å². The van der Waals surface area contributed by atoms with Gasteiger partial charge in [-0.05, 0) is 113 Å². The molecule has 366 valence electrons. The molecule has 2 saturated heterocycles. The Morgan fingerprint density at radius 2 is 1.60 bits per heavy atom. The monoisotopic (exact) mass is 914 g/mol. The number of aliphatic hydroxyl groups is 4. The standard InChI is InChI=1S/C51H79NO13/c1-31-14-10-9-11-15-32(2)43(63-25-24-53)29-40-22-17-37(7)51(61,65-40)48(58)49(59)52-23-13-12-16-41(52)50(60)64-44(34(4)28-38-18-20-39(54)21-19-38)30-42(55)33(3)27-36(6)46(57)47(62-8)45(56)35(5)26-31/h9-11,14-15,27,31,33-35,37-41,43-44,46-47,53-54,57,61H,12-13,16-26,28-30H2,1-8H3/b11-9+,14-10+,32-15+,36-27+/t31-,33-,34-,35-,37-,38-,39-,40+,41+,43?,44+,46-,47+,51-/m1/s1. The second-order valence-corrected chi connectivity index (χ2v) is 19.6. The van der Waals surface area contributed by atoms with Crippen molar-refractivity contribution in [3.05, 3.63) is 47.6 Å². The van der Waals surface area contributed by atoms with Gasteiger partial charge in [-0.1, -0.05) is 71.1 Å². The zero-order valence-corrected chi connectivity index (χ0v) is 40.2. The smallest absolute Gasteiger partial charge is 0.329 e. The summed E-state index contributed by atoms with van der Waals surface area (Å²) in [5, 5.41) is 43.1. The fourth-order valence-electron chi connectivity index (χ4n) is 9.95. The maximum atomic E-state index is 14.3. The lowest BCUT2D eigenvalue weighted by Gasteiger charge is -2.42. The van der Waals surface area contributed by atoms with Crippen LogP contribution in [0.2, 0.25) is 0 Å². The van der Waals surface area contributed by atoms with E-state index in [2.05, 4.69) is 0 Å². The molecule has 4 rings (SSSR count). The highest BCUT2D eigenvalue weighted by molar-refractivity contribution is 6.39. The minimum absolute atomic E-state index is 0.00152. The largest absolute Gasteiger partial charge is 0.460 e. The number of aliphatic hydroxyl groups excluding tert-OH is 3. The lowest BCUT2D eigenvalue weighted by Crippen LogP contribution is -2.61. The van der Waals surface area contributed by atoms with E-state index in [1.165, 1.54) is 12.0 Å². The molecular formula is C51H79NO13. The number of allylic oxidation sites excluding steroid dienone is 6. The first-order valence-corrected chi connectivity index (χ1v) is 24.1. The number of amides is 1. The van der Waals surface area contributed by atoms with Gasteiger partial charge in [0.05, 0.1) is 31.5 Å². The van der Waals surface area contributed by atoms with Gasteiger partial charge in [0.2, 0.25) is 5.79 Å². The molecule has 0 aromatic heterocycles. The van der Waals surface area contributed by atoms with Crippen molar-refractivity contribution in [3.63, 3.8) is 0 Å². The molecule has 4 aliphatic rings. The number of ketones is 3. The molecule has 0 radical (unpaired) electrons. The van der Waals surface area contributed by atoms with Crippen LogP contribution in [-0.2, 0) is 42.9 Å². The number of hydrogen-bond donors (Lipinski definition) is 4. The van der Waals surface area contributed by atoms with Gasteiger partial charge in [0.1, 0.15) is 30.1 Å². The lowest BCUT2D eigenvalue weighted by molar-refractivity contribution is -0.266. The number of Topliss-reactive ketones (excluding diaryl/α,β-unsaturated/α-hetero) is 3. The van der Waals surface area contributed by atoms with Crippen molar-refractivity contribution in [1.82, 2.24) is 4.90 Å². The molecular weight excluding hydrogens is 835 g/mol. The number of cyclic esters (lactones) is 1. The molecule has 3 fully saturated rings. The third kappa shape index (κ3) is 15.1. The van der Waals surface area contributed by atoms with E-state index in [0.29, 0.717) is 56.9 Å². The highest BCUT2D eigenvalue weighted by Gasteiger charge is 2.53. The van der Waals surface area contributed by atoms with Gasteiger partial charge in [-0.25, -0.2) is 4.79 Å². The lowest BCUT2D eigenvalue weighted by atomic mass is 9.79. The maximum absolute atomic E-state index is 14.3. The number of methoxy groups -OCH3 is 1. The molecule has 0 spiro atoms. The fraction of sp³-hybridized carbons (Fsp3) is 0.745. The van der Waals surface area contributed by atoms with Gasteiger partial charge in [0.25, 0.3) is 11.7 Å². The van der Waals surface area contributed by atoms with Crippen molar-refractivity contribution in [3.8, 4) is 0 Å². The van der Waals surface area contributed by atoms with Crippen LogP contribution in [0.3, 0.4) is 0 Å². The predicted octanol–water partition coefficient (Wildman–Crippen LogP) is 5.92. The Hall–Kier alpha value is -3.37. The third-order valence-corrected chi connectivity index (χ3v) is 14.3. The summed E-state index contributed by atoms with van der Waals surface area (Å²) >= 11 is 0. The molecule has 3 aliphatic heterocycles. The van der Waals surface area contributed by atoms with E-state index >= 15 is 0 Å². The Bertz CT molecular complexity index is 1730. The Balaban J connectivity index is 1.71. The minimum atomic E-state index is -2.47. The summed E-state index contributed by atoms with van der Waals surface area (Å²) in [6.07, 6.45) is 12.4. The number of piperidine rings is 1. The van der Waals surface area contributed by atoms with Crippen molar-refractivity contribution < 1.29 is 63.3 Å². The van der Waals surface area contributed by atoms with Gasteiger partial charge < -0.3 is 44.3 Å². The van der Waals surface area contributed by atoms with Crippen molar-refractivity contribution >= 4 is 29.2 Å². The van der Waals surface area contributed by atoms with Gasteiger partial charge in [-0.15, -0.1) is 0 Å². The van der Waals surface area contributed by atoms with Crippen LogP contribution in [0.25, 0.3) is 0 Å². The zero-order valence-electron chi connectivity index (χ0n) is 40.2. The highest BCUT2D eigenvalue weighted by Crippen LogP contribution is 2.37. The number of nitrogens with zero attached hydrogens (tertiary/aromatic N) is 1.